The van der Waals surface area contributed by atoms with Crippen LogP contribution in [0.2, 0.25) is 0 Å². The van der Waals surface area contributed by atoms with E-state index in [2.05, 4.69) is 43.4 Å². The molecule has 0 saturated heterocycles. The average molecular weight is 276 g/mol. The molecule has 3 heteroatoms. The summed E-state index contributed by atoms with van der Waals surface area (Å²) in [7, 11) is 0. The van der Waals surface area contributed by atoms with Crippen LogP contribution in [0.4, 0.5) is 0 Å². The molecule has 1 aromatic rings. The van der Waals surface area contributed by atoms with E-state index in [0.29, 0.717) is 12.5 Å². The maximum absolute atomic E-state index is 12.1. The Labute approximate surface area is 122 Å². The summed E-state index contributed by atoms with van der Waals surface area (Å²) in [5.41, 5.74) is 7.95. The van der Waals surface area contributed by atoms with Crippen LogP contribution in [0.5, 0.6) is 0 Å². The third kappa shape index (κ3) is 4.97. The lowest BCUT2D eigenvalue weighted by Gasteiger charge is -2.18. The molecule has 0 saturated carbocycles. The van der Waals surface area contributed by atoms with Crippen molar-refractivity contribution in [2.24, 2.45) is 11.7 Å². The molecule has 1 aromatic carbocycles. The number of amides is 1. The highest BCUT2D eigenvalue weighted by Gasteiger charge is 2.15. The van der Waals surface area contributed by atoms with Gasteiger partial charge in [-0.1, -0.05) is 45.0 Å². The van der Waals surface area contributed by atoms with Gasteiger partial charge >= 0.3 is 0 Å². The number of carbonyl (C=O) groups is 1. The molecule has 1 rings (SSSR count). The Bertz CT molecular complexity index is 412. The first-order valence-electron chi connectivity index (χ1n) is 7.56. The molecule has 0 heterocycles. The van der Waals surface area contributed by atoms with Crippen molar-refractivity contribution < 1.29 is 4.79 Å². The van der Waals surface area contributed by atoms with Gasteiger partial charge in [-0.2, -0.15) is 0 Å². The maximum Gasteiger partial charge on any atom is 0.223 e. The molecule has 0 aromatic heterocycles. The van der Waals surface area contributed by atoms with Crippen LogP contribution in [0.3, 0.4) is 0 Å². The Hall–Kier alpha value is -1.35. The molecule has 2 atom stereocenters. The third-order valence-electron chi connectivity index (χ3n) is 3.75. The molecule has 0 aliphatic carbocycles. The van der Waals surface area contributed by atoms with Gasteiger partial charge in [-0.15, -0.1) is 0 Å². The second-order valence-corrected chi connectivity index (χ2v) is 5.88. The van der Waals surface area contributed by atoms with Gasteiger partial charge in [0.15, 0.2) is 0 Å². The van der Waals surface area contributed by atoms with Crippen molar-refractivity contribution in [2.75, 3.05) is 6.54 Å². The number of nitrogens with two attached hydrogens (primary N) is 1. The first-order valence-corrected chi connectivity index (χ1v) is 7.56. The monoisotopic (exact) mass is 276 g/mol. The molecular formula is C17H28N2O. The van der Waals surface area contributed by atoms with E-state index < -0.39 is 0 Å². The molecular weight excluding hydrogens is 248 g/mol. The highest BCUT2D eigenvalue weighted by Crippen LogP contribution is 2.19. The number of rotatable bonds is 7. The van der Waals surface area contributed by atoms with Gasteiger partial charge in [-0.25, -0.2) is 0 Å². The van der Waals surface area contributed by atoms with Crippen LogP contribution in [0.15, 0.2) is 24.3 Å². The Morgan fingerprint density at radius 1 is 1.10 bits per heavy atom. The van der Waals surface area contributed by atoms with Crippen LogP contribution >= 0.6 is 0 Å². The molecule has 112 valence electrons. The van der Waals surface area contributed by atoms with Gasteiger partial charge in [0, 0.05) is 5.92 Å². The Morgan fingerprint density at radius 2 is 1.65 bits per heavy atom. The zero-order valence-corrected chi connectivity index (χ0v) is 13.1. The van der Waals surface area contributed by atoms with E-state index in [0.717, 1.165) is 18.4 Å². The van der Waals surface area contributed by atoms with E-state index in [1.165, 1.54) is 5.56 Å². The quantitative estimate of drug-likeness (QED) is 0.802. The van der Waals surface area contributed by atoms with Gasteiger partial charge in [0.1, 0.15) is 0 Å². The lowest BCUT2D eigenvalue weighted by molar-refractivity contribution is -0.125. The fraction of sp³-hybridized carbons (Fsp3) is 0.588. The smallest absolute Gasteiger partial charge is 0.223 e. The SMILES string of the molecule is CC(CCCN)C(=O)NC(C)c1ccc(C(C)C)cc1. The lowest BCUT2D eigenvalue weighted by Crippen LogP contribution is -2.31. The van der Waals surface area contributed by atoms with E-state index in [4.69, 9.17) is 5.73 Å². The molecule has 3 N–H and O–H groups in total. The molecule has 0 spiro atoms. The van der Waals surface area contributed by atoms with Crippen LogP contribution < -0.4 is 11.1 Å². The maximum atomic E-state index is 12.1. The summed E-state index contributed by atoms with van der Waals surface area (Å²) in [5.74, 6) is 0.667. The Balaban J connectivity index is 2.57. The van der Waals surface area contributed by atoms with Crippen molar-refractivity contribution in [3.63, 3.8) is 0 Å². The fourth-order valence-electron chi connectivity index (χ4n) is 2.16. The topological polar surface area (TPSA) is 55.1 Å². The summed E-state index contributed by atoms with van der Waals surface area (Å²) in [5, 5.41) is 3.07. The minimum absolute atomic E-state index is 0.0240. The van der Waals surface area contributed by atoms with Gasteiger partial charge in [0.2, 0.25) is 5.91 Å². The van der Waals surface area contributed by atoms with Crippen molar-refractivity contribution in [3.05, 3.63) is 35.4 Å². The molecule has 0 bridgehead atoms. The van der Waals surface area contributed by atoms with Crippen LogP contribution in [0.25, 0.3) is 0 Å². The highest BCUT2D eigenvalue weighted by atomic mass is 16.1. The lowest BCUT2D eigenvalue weighted by atomic mass is 9.99. The number of nitrogens with one attached hydrogen (secondary N) is 1. The van der Waals surface area contributed by atoms with E-state index in [1.54, 1.807) is 0 Å². The zero-order chi connectivity index (χ0) is 15.1. The predicted molar refractivity (Wildman–Crippen MR) is 84.5 cm³/mol. The van der Waals surface area contributed by atoms with E-state index in [9.17, 15) is 4.79 Å². The minimum Gasteiger partial charge on any atom is -0.349 e. The summed E-state index contributed by atoms with van der Waals surface area (Å²) in [6.45, 7) is 8.99. The van der Waals surface area contributed by atoms with Gasteiger partial charge < -0.3 is 11.1 Å². The van der Waals surface area contributed by atoms with Crippen molar-refractivity contribution in [2.45, 2.75) is 52.5 Å². The first-order chi connectivity index (χ1) is 9.45. The predicted octanol–water partition coefficient (Wildman–Crippen LogP) is 3.36. The number of hydrogen-bond donors (Lipinski definition) is 2. The highest BCUT2D eigenvalue weighted by molar-refractivity contribution is 5.78. The summed E-state index contributed by atoms with van der Waals surface area (Å²) in [6.07, 6.45) is 1.74. The molecule has 3 nitrogen and oxygen atoms in total. The fourth-order valence-corrected chi connectivity index (χ4v) is 2.16. The largest absolute Gasteiger partial charge is 0.349 e. The molecule has 1 amide bonds. The second-order valence-electron chi connectivity index (χ2n) is 5.88. The summed E-state index contributed by atoms with van der Waals surface area (Å²) >= 11 is 0. The van der Waals surface area contributed by atoms with Crippen LogP contribution in [-0.4, -0.2) is 12.5 Å². The summed E-state index contributed by atoms with van der Waals surface area (Å²) < 4.78 is 0. The van der Waals surface area contributed by atoms with Crippen molar-refractivity contribution >= 4 is 5.91 Å². The molecule has 0 aliphatic heterocycles. The summed E-state index contributed by atoms with van der Waals surface area (Å²) in [4.78, 5) is 12.1. The number of hydrogen-bond acceptors (Lipinski definition) is 2. The van der Waals surface area contributed by atoms with Crippen LogP contribution in [0, 0.1) is 5.92 Å². The van der Waals surface area contributed by atoms with Crippen LogP contribution in [-0.2, 0) is 4.79 Å². The first kappa shape index (κ1) is 16.7. The van der Waals surface area contributed by atoms with Crippen molar-refractivity contribution in [1.29, 1.82) is 0 Å². The third-order valence-corrected chi connectivity index (χ3v) is 3.75. The number of carbonyl (C=O) groups excluding carboxylic acids is 1. The van der Waals surface area contributed by atoms with E-state index in [-0.39, 0.29) is 17.9 Å². The van der Waals surface area contributed by atoms with Crippen molar-refractivity contribution in [1.82, 2.24) is 5.32 Å². The van der Waals surface area contributed by atoms with E-state index in [1.807, 2.05) is 13.8 Å². The van der Waals surface area contributed by atoms with Gasteiger partial charge in [0.05, 0.1) is 6.04 Å². The zero-order valence-electron chi connectivity index (χ0n) is 13.1. The molecule has 2 unspecified atom stereocenters. The summed E-state index contributed by atoms with van der Waals surface area (Å²) in [6, 6.07) is 8.53. The Kier molecular flexibility index (Phi) is 6.73. The van der Waals surface area contributed by atoms with Gasteiger partial charge in [-0.3, -0.25) is 4.79 Å². The molecule has 20 heavy (non-hydrogen) atoms. The molecule has 0 fully saturated rings. The number of benzene rings is 1. The normalized spacial score (nSPS) is 14.1. The average Bonchev–Trinajstić information content (AvgIpc) is 2.44. The second kappa shape index (κ2) is 8.05. The Morgan fingerprint density at radius 3 is 2.15 bits per heavy atom. The molecule has 0 radical (unpaired) electrons. The standard InChI is InChI=1S/C17H28N2O/c1-12(2)15-7-9-16(10-8-15)14(4)19-17(20)13(3)6-5-11-18/h7-10,12-14H,5-6,11,18H2,1-4H3,(H,19,20). The van der Waals surface area contributed by atoms with Gasteiger partial charge in [0.25, 0.3) is 0 Å². The van der Waals surface area contributed by atoms with Crippen molar-refractivity contribution in [3.8, 4) is 0 Å². The minimum atomic E-state index is 0.0240. The molecule has 0 aliphatic rings. The van der Waals surface area contributed by atoms with Crippen LogP contribution in [0.1, 0.15) is 63.6 Å². The van der Waals surface area contributed by atoms with Gasteiger partial charge in [-0.05, 0) is 43.4 Å². The van der Waals surface area contributed by atoms with E-state index >= 15 is 0 Å².